The third kappa shape index (κ3) is 5.77. The number of thiazole rings is 1. The van der Waals surface area contributed by atoms with E-state index >= 15 is 0 Å². The van der Waals surface area contributed by atoms with Crippen molar-refractivity contribution in [2.24, 2.45) is 5.92 Å². The first-order valence-corrected chi connectivity index (χ1v) is 14.5. The monoisotopic (exact) mass is 546 g/mol. The largest absolute Gasteiger partial charge is 0.486 e. The molecule has 4 rings (SSSR count). The first-order valence-electron chi connectivity index (χ1n) is 11.8. The molecular formula is C25H30N4O6S2. The van der Waals surface area contributed by atoms with Crippen molar-refractivity contribution in [2.45, 2.75) is 26.0 Å². The minimum absolute atomic E-state index is 0.0368. The Hall–Kier alpha value is -3.06. The fraction of sp³-hybridized carbons (Fsp3) is 0.400. The number of ether oxygens (including phenoxy) is 1. The summed E-state index contributed by atoms with van der Waals surface area (Å²) in [7, 11) is -2.03. The Kier molecular flexibility index (Phi) is 7.83. The third-order valence-electron chi connectivity index (χ3n) is 6.43. The van der Waals surface area contributed by atoms with Gasteiger partial charge in [0.05, 0.1) is 46.9 Å². The fourth-order valence-corrected chi connectivity index (χ4v) is 5.37. The normalized spacial score (nSPS) is 19.2. The number of rotatable bonds is 7. The number of aromatic nitrogens is 1. The number of amides is 2. The molecule has 2 aromatic carbocycles. The second kappa shape index (κ2) is 10.7. The smallest absolute Gasteiger partial charge is 0.284 e. The number of para-hydroxylation sites is 2. The van der Waals surface area contributed by atoms with E-state index in [-0.39, 0.29) is 53.5 Å². The van der Waals surface area contributed by atoms with Crippen LogP contribution in [0.2, 0.25) is 0 Å². The molecule has 1 aliphatic rings. The highest BCUT2D eigenvalue weighted by atomic mass is 32.2. The second-order valence-electron chi connectivity index (χ2n) is 9.29. The second-order valence-corrected chi connectivity index (χ2v) is 12.4. The summed E-state index contributed by atoms with van der Waals surface area (Å²) in [6.45, 7) is 3.65. The van der Waals surface area contributed by atoms with Gasteiger partial charge >= 0.3 is 0 Å². The van der Waals surface area contributed by atoms with Crippen molar-refractivity contribution in [2.75, 3.05) is 38.3 Å². The molecule has 1 aromatic heterocycles. The van der Waals surface area contributed by atoms with Crippen molar-refractivity contribution in [3.05, 3.63) is 53.0 Å². The predicted molar refractivity (Wildman–Crippen MR) is 143 cm³/mol. The number of hydrogen-bond acceptors (Lipinski definition) is 8. The summed E-state index contributed by atoms with van der Waals surface area (Å²) < 4.78 is 32.7. The number of carbonyl (C=O) groups excluding carboxylic acids is 2. The Morgan fingerprint density at radius 3 is 2.70 bits per heavy atom. The predicted octanol–water partition coefficient (Wildman–Crippen LogP) is 2.66. The van der Waals surface area contributed by atoms with Gasteiger partial charge in [-0.2, -0.15) is 0 Å². The molecule has 198 valence electrons. The van der Waals surface area contributed by atoms with Crippen LogP contribution in [-0.2, 0) is 10.0 Å². The van der Waals surface area contributed by atoms with E-state index in [1.165, 1.54) is 22.7 Å². The summed E-state index contributed by atoms with van der Waals surface area (Å²) in [6, 6.07) is 11.8. The molecule has 3 aromatic rings. The zero-order valence-electron chi connectivity index (χ0n) is 21.0. The summed E-state index contributed by atoms with van der Waals surface area (Å²) in [4.78, 5) is 32.7. The molecule has 2 amide bonds. The van der Waals surface area contributed by atoms with Crippen molar-refractivity contribution in [3.63, 3.8) is 0 Å². The molecule has 0 saturated heterocycles. The SMILES string of the molecule is C[C@H]1CN([C@@H](C)CO)C(=O)c2cccc(NC(=O)c3nc4ccccc4s3)c2O[C@@H]1CN(C)S(C)(=O)=O. The lowest BCUT2D eigenvalue weighted by Crippen LogP contribution is -2.50. The van der Waals surface area contributed by atoms with Gasteiger partial charge in [0, 0.05) is 19.5 Å². The van der Waals surface area contributed by atoms with Crippen LogP contribution in [0.3, 0.4) is 0 Å². The molecule has 0 saturated carbocycles. The van der Waals surface area contributed by atoms with Gasteiger partial charge in [0.15, 0.2) is 10.8 Å². The number of nitrogens with one attached hydrogen (secondary N) is 1. The maximum atomic E-state index is 13.6. The average molecular weight is 547 g/mol. The van der Waals surface area contributed by atoms with Crippen LogP contribution in [0.5, 0.6) is 5.75 Å². The third-order valence-corrected chi connectivity index (χ3v) is 8.75. The number of carbonyl (C=O) groups is 2. The first-order chi connectivity index (χ1) is 17.5. The standard InChI is InChI=1S/C25H30N4O6S2/c1-15-12-29(16(2)14-30)25(32)17-8-7-10-19(22(17)35-20(15)13-28(3)37(4,33)34)26-23(31)24-27-18-9-5-6-11-21(18)36-24/h5-11,15-16,20,30H,12-14H2,1-4H3,(H,26,31)/t15-,16-,20+/m0/s1. The number of benzene rings is 2. The Bertz CT molecular complexity index is 1390. The molecule has 3 atom stereocenters. The molecule has 1 aliphatic heterocycles. The lowest BCUT2D eigenvalue weighted by atomic mass is 9.99. The quantitative estimate of drug-likeness (QED) is 0.466. The number of nitrogens with zero attached hydrogens (tertiary/aromatic N) is 3. The maximum Gasteiger partial charge on any atom is 0.284 e. The lowest BCUT2D eigenvalue weighted by Gasteiger charge is -2.38. The highest BCUT2D eigenvalue weighted by Crippen LogP contribution is 2.35. The van der Waals surface area contributed by atoms with E-state index in [4.69, 9.17) is 4.74 Å². The number of aliphatic hydroxyl groups is 1. The van der Waals surface area contributed by atoms with Crippen molar-refractivity contribution in [3.8, 4) is 5.75 Å². The number of sulfonamides is 1. The zero-order chi connectivity index (χ0) is 26.9. The number of anilines is 1. The molecule has 10 nitrogen and oxygen atoms in total. The summed E-state index contributed by atoms with van der Waals surface area (Å²) in [5, 5.41) is 12.9. The van der Waals surface area contributed by atoms with Gasteiger partial charge in [-0.3, -0.25) is 9.59 Å². The molecule has 0 fully saturated rings. The Morgan fingerprint density at radius 1 is 1.30 bits per heavy atom. The van der Waals surface area contributed by atoms with Crippen LogP contribution in [0.25, 0.3) is 10.2 Å². The minimum Gasteiger partial charge on any atom is -0.486 e. The van der Waals surface area contributed by atoms with Crippen molar-refractivity contribution >= 4 is 49.1 Å². The summed E-state index contributed by atoms with van der Waals surface area (Å²) >= 11 is 1.25. The van der Waals surface area contributed by atoms with Crippen molar-refractivity contribution < 1.29 is 27.9 Å². The molecule has 2 heterocycles. The molecule has 12 heteroatoms. The Labute approximate surface area is 219 Å². The van der Waals surface area contributed by atoms with Gasteiger partial charge in [-0.25, -0.2) is 17.7 Å². The van der Waals surface area contributed by atoms with Crippen LogP contribution in [-0.4, -0.2) is 84.7 Å². The van der Waals surface area contributed by atoms with Gasteiger partial charge in [0.2, 0.25) is 10.0 Å². The van der Waals surface area contributed by atoms with Gasteiger partial charge in [-0.15, -0.1) is 11.3 Å². The van der Waals surface area contributed by atoms with Crippen LogP contribution in [0.1, 0.15) is 34.0 Å². The maximum absolute atomic E-state index is 13.6. The summed E-state index contributed by atoms with van der Waals surface area (Å²) in [5.74, 6) is -0.945. The Balaban J connectivity index is 1.74. The molecular weight excluding hydrogens is 516 g/mol. The van der Waals surface area contributed by atoms with Crippen molar-refractivity contribution in [1.29, 1.82) is 0 Å². The van der Waals surface area contributed by atoms with E-state index in [1.807, 2.05) is 31.2 Å². The van der Waals surface area contributed by atoms with Gasteiger partial charge in [0.25, 0.3) is 11.8 Å². The van der Waals surface area contributed by atoms with Crippen molar-refractivity contribution in [1.82, 2.24) is 14.2 Å². The number of aliphatic hydroxyl groups excluding tert-OH is 1. The van der Waals surface area contributed by atoms with Gasteiger partial charge < -0.3 is 20.1 Å². The molecule has 0 radical (unpaired) electrons. The van der Waals surface area contributed by atoms with Gasteiger partial charge in [0.1, 0.15) is 6.10 Å². The van der Waals surface area contributed by atoms with Gasteiger partial charge in [-0.1, -0.05) is 25.1 Å². The van der Waals surface area contributed by atoms with Crippen LogP contribution in [0.15, 0.2) is 42.5 Å². The zero-order valence-corrected chi connectivity index (χ0v) is 22.7. The molecule has 0 bridgehead atoms. The van der Waals surface area contributed by atoms with Crippen LogP contribution < -0.4 is 10.1 Å². The van der Waals surface area contributed by atoms with E-state index in [9.17, 15) is 23.1 Å². The highest BCUT2D eigenvalue weighted by Gasteiger charge is 2.35. The first kappa shape index (κ1) is 27.0. The molecule has 2 N–H and O–H groups in total. The van der Waals surface area contributed by atoms with E-state index in [2.05, 4.69) is 10.3 Å². The molecule has 0 unspecified atom stereocenters. The summed E-state index contributed by atoms with van der Waals surface area (Å²) in [6.07, 6.45) is 0.474. The number of hydrogen-bond donors (Lipinski definition) is 2. The van der Waals surface area contributed by atoms with E-state index < -0.39 is 28.1 Å². The summed E-state index contributed by atoms with van der Waals surface area (Å²) in [5.41, 5.74) is 1.19. The average Bonchev–Trinajstić information content (AvgIpc) is 3.30. The van der Waals surface area contributed by atoms with Crippen LogP contribution >= 0.6 is 11.3 Å². The number of likely N-dealkylation sites (N-methyl/N-ethyl adjacent to an activating group) is 1. The highest BCUT2D eigenvalue weighted by molar-refractivity contribution is 7.88. The topological polar surface area (TPSA) is 129 Å². The molecule has 0 aliphatic carbocycles. The van der Waals surface area contributed by atoms with E-state index in [0.717, 1.165) is 11.0 Å². The van der Waals surface area contributed by atoms with E-state index in [1.54, 1.807) is 30.0 Å². The molecule has 37 heavy (non-hydrogen) atoms. The van der Waals surface area contributed by atoms with Crippen LogP contribution in [0.4, 0.5) is 5.69 Å². The minimum atomic E-state index is -3.49. The molecule has 0 spiro atoms. The fourth-order valence-electron chi connectivity index (χ4n) is 4.09. The van der Waals surface area contributed by atoms with Gasteiger partial charge in [-0.05, 0) is 31.2 Å². The van der Waals surface area contributed by atoms with Crippen LogP contribution in [0, 0.1) is 5.92 Å². The lowest BCUT2D eigenvalue weighted by molar-refractivity contribution is 0.0389. The Morgan fingerprint density at radius 2 is 2.03 bits per heavy atom. The van der Waals surface area contributed by atoms with E-state index in [0.29, 0.717) is 5.52 Å². The number of fused-ring (bicyclic) bond motifs is 2.